The number of rotatable bonds is 8. The van der Waals surface area contributed by atoms with Crippen LogP contribution in [0.25, 0.3) is 11.6 Å². The number of amides is 2. The van der Waals surface area contributed by atoms with Crippen molar-refractivity contribution in [1.82, 2.24) is 25.5 Å². The summed E-state index contributed by atoms with van der Waals surface area (Å²) in [4.78, 5) is 31.1. The molecule has 3 heterocycles. The molecular weight excluding hydrogens is 492 g/mol. The van der Waals surface area contributed by atoms with Gasteiger partial charge in [-0.1, -0.05) is 12.1 Å². The molecule has 0 aliphatic carbocycles. The van der Waals surface area contributed by atoms with Gasteiger partial charge in [0.15, 0.2) is 5.76 Å². The number of anilines is 1. The quantitative estimate of drug-likeness (QED) is 0.367. The van der Waals surface area contributed by atoms with E-state index in [1.807, 2.05) is 64.3 Å². The van der Waals surface area contributed by atoms with Crippen LogP contribution in [0.4, 0.5) is 5.69 Å². The van der Waals surface area contributed by atoms with Gasteiger partial charge in [-0.3, -0.25) is 14.5 Å². The zero-order valence-electron chi connectivity index (χ0n) is 21.7. The molecule has 1 aromatic carbocycles. The maximum Gasteiger partial charge on any atom is 0.251 e. The molecule has 194 valence electrons. The van der Waals surface area contributed by atoms with Crippen LogP contribution in [0.2, 0.25) is 0 Å². The van der Waals surface area contributed by atoms with Crippen molar-refractivity contribution < 1.29 is 18.7 Å². The Morgan fingerprint density at radius 3 is 2.59 bits per heavy atom. The third-order valence-corrected chi connectivity index (χ3v) is 6.30. The summed E-state index contributed by atoms with van der Waals surface area (Å²) in [5.74, 6) is 1.16. The van der Waals surface area contributed by atoms with Crippen molar-refractivity contribution in [2.75, 3.05) is 12.0 Å². The van der Waals surface area contributed by atoms with E-state index in [1.54, 1.807) is 18.2 Å². The van der Waals surface area contributed by atoms with Crippen LogP contribution in [0.5, 0.6) is 5.75 Å². The predicted molar refractivity (Wildman–Crippen MR) is 140 cm³/mol. The Hall–Kier alpha value is -3.99. The van der Waals surface area contributed by atoms with Crippen molar-refractivity contribution >= 4 is 28.8 Å². The Labute approximate surface area is 219 Å². The van der Waals surface area contributed by atoms with Crippen LogP contribution in [0, 0.1) is 13.8 Å². The number of furan rings is 1. The zero-order valence-corrected chi connectivity index (χ0v) is 22.5. The monoisotopic (exact) mass is 522 g/mol. The lowest BCUT2D eigenvalue weighted by atomic mass is 10.1. The van der Waals surface area contributed by atoms with Gasteiger partial charge in [0.25, 0.3) is 5.91 Å². The first-order chi connectivity index (χ1) is 17.6. The van der Waals surface area contributed by atoms with E-state index in [1.165, 1.54) is 28.1 Å². The first-order valence-electron chi connectivity index (χ1n) is 11.7. The highest BCUT2D eigenvalue weighted by molar-refractivity contribution is 7.10. The number of nitrogens with zero attached hydrogens (tertiary/aromatic N) is 5. The molecule has 0 fully saturated rings. The van der Waals surface area contributed by atoms with Crippen molar-refractivity contribution in [3.63, 3.8) is 0 Å². The molecule has 4 aromatic rings. The van der Waals surface area contributed by atoms with Crippen LogP contribution < -0.4 is 15.0 Å². The second-order valence-corrected chi connectivity index (χ2v) is 10.6. The van der Waals surface area contributed by atoms with Crippen LogP contribution in [-0.4, -0.2) is 44.7 Å². The molecule has 0 aliphatic heterocycles. The van der Waals surface area contributed by atoms with E-state index >= 15 is 0 Å². The number of thiophene rings is 1. The predicted octanol–water partition coefficient (Wildman–Crippen LogP) is 4.31. The molecule has 2 amide bonds. The molecule has 1 N–H and O–H groups in total. The van der Waals surface area contributed by atoms with E-state index in [4.69, 9.17) is 9.15 Å². The van der Waals surface area contributed by atoms with Gasteiger partial charge in [0.2, 0.25) is 11.7 Å². The lowest BCUT2D eigenvalue weighted by Gasteiger charge is -2.33. The summed E-state index contributed by atoms with van der Waals surface area (Å²) < 4.78 is 11.2. The van der Waals surface area contributed by atoms with Gasteiger partial charge in [0, 0.05) is 10.4 Å². The normalized spacial score (nSPS) is 12.3. The van der Waals surface area contributed by atoms with Crippen LogP contribution in [-0.2, 0) is 16.1 Å². The molecule has 0 radical (unpaired) electrons. The van der Waals surface area contributed by atoms with Crippen LogP contribution in [0.15, 0.2) is 52.3 Å². The van der Waals surface area contributed by atoms with Gasteiger partial charge in [-0.2, -0.15) is 4.80 Å². The van der Waals surface area contributed by atoms with E-state index < -0.39 is 17.5 Å². The highest BCUT2D eigenvalue weighted by Gasteiger charge is 2.37. The zero-order chi connectivity index (χ0) is 26.7. The Bertz CT molecular complexity index is 1390. The summed E-state index contributed by atoms with van der Waals surface area (Å²) in [6.45, 7) is 9.16. The maximum atomic E-state index is 14.0. The van der Waals surface area contributed by atoms with E-state index in [0.29, 0.717) is 27.8 Å². The number of hydrogen-bond donors (Lipinski definition) is 1. The smallest absolute Gasteiger partial charge is 0.251 e. The van der Waals surface area contributed by atoms with Gasteiger partial charge < -0.3 is 14.5 Å². The summed E-state index contributed by atoms with van der Waals surface area (Å²) in [7, 11) is 1.53. The second-order valence-electron chi connectivity index (χ2n) is 9.65. The van der Waals surface area contributed by atoms with Gasteiger partial charge in [0.1, 0.15) is 24.1 Å². The van der Waals surface area contributed by atoms with Crippen molar-refractivity contribution in [1.29, 1.82) is 0 Å². The molecule has 0 saturated carbocycles. The van der Waals surface area contributed by atoms with Gasteiger partial charge in [-0.15, -0.1) is 21.5 Å². The highest BCUT2D eigenvalue weighted by Crippen LogP contribution is 2.37. The summed E-state index contributed by atoms with van der Waals surface area (Å²) in [5.41, 5.74) is 0.864. The standard InChI is InChI=1S/C26H30N6O4S/c1-16-9-11-19(35-6)18(14-16)32(23(21-8-7-13-37-21)25(34)27-26(3,4)5)22(33)15-31-29-24(28-30-31)20-12-10-17(2)36-20/h7-14,23H,15H2,1-6H3,(H,27,34)/t23-/m1/s1. The van der Waals surface area contributed by atoms with E-state index in [9.17, 15) is 9.59 Å². The lowest BCUT2D eigenvalue weighted by Crippen LogP contribution is -2.50. The topological polar surface area (TPSA) is 115 Å². The molecule has 0 unspecified atom stereocenters. The largest absolute Gasteiger partial charge is 0.495 e. The molecule has 0 bridgehead atoms. The molecule has 10 nitrogen and oxygen atoms in total. The molecule has 0 saturated heterocycles. The summed E-state index contributed by atoms with van der Waals surface area (Å²) in [5, 5.41) is 17.3. The lowest BCUT2D eigenvalue weighted by molar-refractivity contribution is -0.128. The maximum absolute atomic E-state index is 14.0. The molecule has 3 aromatic heterocycles. The number of tetrazole rings is 1. The Morgan fingerprint density at radius 1 is 1.19 bits per heavy atom. The number of aryl methyl sites for hydroxylation is 2. The van der Waals surface area contributed by atoms with Crippen LogP contribution >= 0.6 is 11.3 Å². The molecule has 0 spiro atoms. The number of benzene rings is 1. The fraction of sp³-hybridized carbons (Fsp3) is 0.346. The fourth-order valence-electron chi connectivity index (χ4n) is 3.82. The number of ether oxygens (including phenoxy) is 1. The van der Waals surface area contributed by atoms with E-state index in [-0.39, 0.29) is 18.3 Å². The van der Waals surface area contributed by atoms with Gasteiger partial charge >= 0.3 is 0 Å². The summed E-state index contributed by atoms with van der Waals surface area (Å²) in [6.07, 6.45) is 0. The third kappa shape index (κ3) is 6.05. The number of hydrogen-bond acceptors (Lipinski definition) is 8. The van der Waals surface area contributed by atoms with Crippen LogP contribution in [0.1, 0.15) is 43.0 Å². The average molecular weight is 523 g/mol. The molecule has 1 atom stereocenters. The van der Waals surface area contributed by atoms with Gasteiger partial charge in [-0.25, -0.2) is 0 Å². The van der Waals surface area contributed by atoms with E-state index in [0.717, 1.165) is 5.56 Å². The summed E-state index contributed by atoms with van der Waals surface area (Å²) in [6, 6.07) is 11.8. The van der Waals surface area contributed by atoms with Gasteiger partial charge in [0.05, 0.1) is 12.8 Å². The SMILES string of the molecule is COc1ccc(C)cc1N(C(=O)Cn1nnc(-c2ccc(C)o2)n1)[C@@H](C(=O)NC(C)(C)C)c1cccs1. The summed E-state index contributed by atoms with van der Waals surface area (Å²) >= 11 is 1.40. The Kier molecular flexibility index (Phi) is 7.44. The van der Waals surface area contributed by atoms with Crippen molar-refractivity contribution in [3.8, 4) is 17.3 Å². The second kappa shape index (κ2) is 10.6. The van der Waals surface area contributed by atoms with Crippen molar-refractivity contribution in [2.24, 2.45) is 0 Å². The number of aromatic nitrogens is 4. The highest BCUT2D eigenvalue weighted by atomic mass is 32.1. The molecular formula is C26H30N6O4S. The minimum Gasteiger partial charge on any atom is -0.495 e. The minimum absolute atomic E-state index is 0.255. The minimum atomic E-state index is -0.946. The number of carbonyl (C=O) groups excluding carboxylic acids is 2. The van der Waals surface area contributed by atoms with Crippen molar-refractivity contribution in [3.05, 3.63) is 64.0 Å². The number of carbonyl (C=O) groups is 2. The Morgan fingerprint density at radius 2 is 1.97 bits per heavy atom. The first-order valence-corrected chi connectivity index (χ1v) is 12.6. The first kappa shape index (κ1) is 26.1. The molecule has 4 rings (SSSR count). The van der Waals surface area contributed by atoms with E-state index in [2.05, 4.69) is 20.7 Å². The molecule has 11 heteroatoms. The fourth-order valence-corrected chi connectivity index (χ4v) is 4.64. The van der Waals surface area contributed by atoms with Crippen molar-refractivity contribution in [2.45, 2.75) is 52.7 Å². The molecule has 0 aliphatic rings. The molecule has 37 heavy (non-hydrogen) atoms. The average Bonchev–Trinajstić information content (AvgIpc) is 3.58. The van der Waals surface area contributed by atoms with Gasteiger partial charge in [-0.05, 0) is 81.1 Å². The van der Waals surface area contributed by atoms with Crippen LogP contribution in [0.3, 0.4) is 0 Å². The number of methoxy groups -OCH3 is 1. The third-order valence-electron chi connectivity index (χ3n) is 5.37. The Balaban J connectivity index is 1.77. The number of nitrogens with one attached hydrogen (secondary N) is 1.